The fourth-order valence-electron chi connectivity index (χ4n) is 2.86. The van der Waals surface area contributed by atoms with Gasteiger partial charge >= 0.3 is 12.6 Å². The van der Waals surface area contributed by atoms with E-state index in [0.29, 0.717) is 5.56 Å². The molecule has 0 bridgehead atoms. The SMILES string of the molecule is C[C@@]1(c2ccccc2)NC(=O)N(CC(=O)c2ccc(OC(F)F)cc2)C1=O. The molecular formula is C19H16F2N2O4. The van der Waals surface area contributed by atoms with Crippen molar-refractivity contribution in [2.75, 3.05) is 6.54 Å². The Hall–Kier alpha value is -3.29. The van der Waals surface area contributed by atoms with Crippen LogP contribution in [0.4, 0.5) is 13.6 Å². The number of ketones is 1. The number of ether oxygens (including phenoxy) is 1. The fraction of sp³-hybridized carbons (Fsp3) is 0.211. The Morgan fingerprint density at radius 2 is 1.74 bits per heavy atom. The quantitative estimate of drug-likeness (QED) is 0.623. The van der Waals surface area contributed by atoms with E-state index >= 15 is 0 Å². The molecule has 6 nitrogen and oxygen atoms in total. The molecule has 1 saturated heterocycles. The number of carbonyl (C=O) groups is 3. The Kier molecular flexibility index (Phi) is 4.89. The van der Waals surface area contributed by atoms with Gasteiger partial charge in [0, 0.05) is 5.56 Å². The lowest BCUT2D eigenvalue weighted by Gasteiger charge is -2.22. The number of Topliss-reactive ketones (excluding diaryl/α,β-unsaturated/α-hetero) is 1. The van der Waals surface area contributed by atoms with Crippen LogP contribution in [0.1, 0.15) is 22.8 Å². The van der Waals surface area contributed by atoms with Crippen LogP contribution in [0.5, 0.6) is 5.75 Å². The fourth-order valence-corrected chi connectivity index (χ4v) is 2.86. The van der Waals surface area contributed by atoms with Crippen molar-refractivity contribution in [3.8, 4) is 5.75 Å². The zero-order valence-corrected chi connectivity index (χ0v) is 14.3. The maximum absolute atomic E-state index is 12.8. The normalized spacial score (nSPS) is 19.3. The van der Waals surface area contributed by atoms with Crippen LogP contribution in [-0.4, -0.2) is 35.8 Å². The second-order valence-corrected chi connectivity index (χ2v) is 6.14. The summed E-state index contributed by atoms with van der Waals surface area (Å²) in [5.41, 5.74) is -0.481. The minimum absolute atomic E-state index is 0.0896. The molecule has 1 heterocycles. The molecule has 8 heteroatoms. The minimum atomic E-state index is -2.96. The molecule has 3 rings (SSSR count). The second-order valence-electron chi connectivity index (χ2n) is 6.14. The summed E-state index contributed by atoms with van der Waals surface area (Å²) in [6.07, 6.45) is 0. The van der Waals surface area contributed by atoms with Crippen molar-refractivity contribution in [1.29, 1.82) is 0 Å². The molecule has 0 saturated carbocycles. The number of rotatable bonds is 6. The summed E-state index contributed by atoms with van der Waals surface area (Å²) in [5.74, 6) is -1.13. The molecule has 1 atom stereocenters. The van der Waals surface area contributed by atoms with Crippen LogP contribution < -0.4 is 10.1 Å². The Bertz CT molecular complexity index is 871. The first-order valence-electron chi connectivity index (χ1n) is 8.09. The highest BCUT2D eigenvalue weighted by atomic mass is 19.3. The maximum atomic E-state index is 12.8. The molecule has 0 radical (unpaired) electrons. The molecule has 0 unspecified atom stereocenters. The molecule has 0 aromatic heterocycles. The Balaban J connectivity index is 1.74. The van der Waals surface area contributed by atoms with E-state index in [1.54, 1.807) is 37.3 Å². The van der Waals surface area contributed by atoms with E-state index in [1.807, 2.05) is 0 Å². The molecule has 2 aromatic carbocycles. The molecular weight excluding hydrogens is 358 g/mol. The molecule has 0 spiro atoms. The van der Waals surface area contributed by atoms with Gasteiger partial charge in [-0.15, -0.1) is 0 Å². The third kappa shape index (κ3) is 3.64. The molecule has 0 aliphatic carbocycles. The summed E-state index contributed by atoms with van der Waals surface area (Å²) in [4.78, 5) is 38.3. The van der Waals surface area contributed by atoms with Gasteiger partial charge in [-0.1, -0.05) is 30.3 Å². The summed E-state index contributed by atoms with van der Waals surface area (Å²) in [5, 5.41) is 2.62. The highest BCUT2D eigenvalue weighted by Gasteiger charge is 2.49. The number of nitrogens with one attached hydrogen (secondary N) is 1. The molecule has 1 aliphatic heterocycles. The van der Waals surface area contributed by atoms with Gasteiger partial charge in [0.15, 0.2) is 5.78 Å². The molecule has 3 amide bonds. The number of hydrogen-bond donors (Lipinski definition) is 1. The standard InChI is InChI=1S/C19H16F2N2O4/c1-19(13-5-3-2-4-6-13)16(25)23(18(26)22-19)11-15(24)12-7-9-14(10-8-12)27-17(20)21/h2-10,17H,11H2,1H3,(H,22,26)/t19-/m0/s1. The highest BCUT2D eigenvalue weighted by Crippen LogP contribution is 2.28. The average molecular weight is 374 g/mol. The first-order valence-corrected chi connectivity index (χ1v) is 8.09. The number of halogens is 2. The Labute approximate surface area is 153 Å². The summed E-state index contributed by atoms with van der Waals surface area (Å²) in [7, 11) is 0. The van der Waals surface area contributed by atoms with Gasteiger partial charge in [0.1, 0.15) is 11.3 Å². The highest BCUT2D eigenvalue weighted by molar-refractivity contribution is 6.11. The van der Waals surface area contributed by atoms with Crippen molar-refractivity contribution in [3.05, 3.63) is 65.7 Å². The van der Waals surface area contributed by atoms with E-state index in [-0.39, 0.29) is 11.3 Å². The lowest BCUT2D eigenvalue weighted by atomic mass is 9.92. The predicted octanol–water partition coefficient (Wildman–Crippen LogP) is 2.94. The number of hydrogen-bond acceptors (Lipinski definition) is 4. The first kappa shape index (κ1) is 18.5. The molecule has 1 fully saturated rings. The van der Waals surface area contributed by atoms with Gasteiger partial charge in [-0.3, -0.25) is 14.5 Å². The summed E-state index contributed by atoms with van der Waals surface area (Å²) < 4.78 is 28.6. The maximum Gasteiger partial charge on any atom is 0.387 e. The van der Waals surface area contributed by atoms with Crippen LogP contribution in [0.2, 0.25) is 0 Å². The summed E-state index contributed by atoms with van der Waals surface area (Å²) in [6.45, 7) is -1.85. The smallest absolute Gasteiger partial charge is 0.387 e. The van der Waals surface area contributed by atoms with Crippen molar-refractivity contribution >= 4 is 17.7 Å². The van der Waals surface area contributed by atoms with Gasteiger partial charge in [-0.2, -0.15) is 8.78 Å². The van der Waals surface area contributed by atoms with Crippen molar-refractivity contribution in [2.24, 2.45) is 0 Å². The van der Waals surface area contributed by atoms with Crippen LogP contribution >= 0.6 is 0 Å². The van der Waals surface area contributed by atoms with Crippen LogP contribution in [0.15, 0.2) is 54.6 Å². The molecule has 2 aromatic rings. The number of carbonyl (C=O) groups excluding carboxylic acids is 3. The topological polar surface area (TPSA) is 75.7 Å². The first-order chi connectivity index (χ1) is 12.8. The van der Waals surface area contributed by atoms with Gasteiger partial charge in [0.2, 0.25) is 0 Å². The summed E-state index contributed by atoms with van der Waals surface area (Å²) in [6, 6.07) is 13.1. The molecule has 1 aliphatic rings. The summed E-state index contributed by atoms with van der Waals surface area (Å²) >= 11 is 0. The largest absolute Gasteiger partial charge is 0.435 e. The van der Waals surface area contributed by atoms with Crippen molar-refractivity contribution in [3.63, 3.8) is 0 Å². The van der Waals surface area contributed by atoms with Crippen LogP contribution in [0.3, 0.4) is 0 Å². The number of benzene rings is 2. The Morgan fingerprint density at radius 1 is 1.11 bits per heavy atom. The van der Waals surface area contributed by atoms with E-state index in [4.69, 9.17) is 0 Å². The van der Waals surface area contributed by atoms with Gasteiger partial charge < -0.3 is 10.1 Å². The Morgan fingerprint density at radius 3 is 2.33 bits per heavy atom. The number of imide groups is 1. The lowest BCUT2D eigenvalue weighted by Crippen LogP contribution is -2.41. The minimum Gasteiger partial charge on any atom is -0.435 e. The third-order valence-corrected chi connectivity index (χ3v) is 4.33. The van der Waals surface area contributed by atoms with E-state index in [1.165, 1.54) is 24.3 Å². The zero-order chi connectivity index (χ0) is 19.6. The van der Waals surface area contributed by atoms with Gasteiger partial charge in [-0.05, 0) is 36.8 Å². The second kappa shape index (κ2) is 7.14. The zero-order valence-electron chi connectivity index (χ0n) is 14.3. The van der Waals surface area contributed by atoms with E-state index < -0.39 is 36.4 Å². The van der Waals surface area contributed by atoms with Crippen molar-refractivity contribution in [2.45, 2.75) is 19.1 Å². The van der Waals surface area contributed by atoms with E-state index in [2.05, 4.69) is 10.1 Å². The van der Waals surface area contributed by atoms with Gasteiger partial charge in [0.25, 0.3) is 5.91 Å². The van der Waals surface area contributed by atoms with Crippen molar-refractivity contribution < 1.29 is 27.9 Å². The van der Waals surface area contributed by atoms with Gasteiger partial charge in [-0.25, -0.2) is 4.79 Å². The van der Waals surface area contributed by atoms with E-state index in [0.717, 1.165) is 4.90 Å². The lowest BCUT2D eigenvalue weighted by molar-refractivity contribution is -0.130. The van der Waals surface area contributed by atoms with Crippen LogP contribution in [0, 0.1) is 0 Å². The van der Waals surface area contributed by atoms with E-state index in [9.17, 15) is 23.2 Å². The van der Waals surface area contributed by atoms with Crippen LogP contribution in [0.25, 0.3) is 0 Å². The number of urea groups is 1. The van der Waals surface area contributed by atoms with Crippen LogP contribution in [-0.2, 0) is 10.3 Å². The number of alkyl halides is 2. The monoisotopic (exact) mass is 374 g/mol. The third-order valence-electron chi connectivity index (χ3n) is 4.33. The number of nitrogens with zero attached hydrogens (tertiary/aromatic N) is 1. The molecule has 1 N–H and O–H groups in total. The van der Waals surface area contributed by atoms with Gasteiger partial charge in [0.05, 0.1) is 6.54 Å². The molecule has 140 valence electrons. The number of amides is 3. The molecule has 27 heavy (non-hydrogen) atoms. The predicted molar refractivity (Wildman–Crippen MR) is 91.4 cm³/mol. The van der Waals surface area contributed by atoms with Crippen molar-refractivity contribution in [1.82, 2.24) is 10.2 Å². The average Bonchev–Trinajstić information content (AvgIpc) is 2.86.